The number of esters is 1. The molecule has 1 aromatic carbocycles. The Morgan fingerprint density at radius 3 is 2.92 bits per heavy atom. The van der Waals surface area contributed by atoms with Gasteiger partial charge in [0.15, 0.2) is 6.10 Å². The Bertz CT molecular complexity index is 755. The molecule has 1 unspecified atom stereocenters. The highest BCUT2D eigenvalue weighted by molar-refractivity contribution is 6.00. The van der Waals surface area contributed by atoms with Crippen LogP contribution in [0.3, 0.4) is 0 Å². The maximum atomic E-state index is 12.3. The Hall–Kier alpha value is -2.83. The van der Waals surface area contributed by atoms with Gasteiger partial charge in [-0.1, -0.05) is 17.3 Å². The van der Waals surface area contributed by atoms with E-state index >= 15 is 0 Å². The standard InChI is InChI=1S/C17H18N2O5/c1-11-9-13(18-24-11)10-22-16(20)7-8-19-14-5-3-4-6-15(14)23-12(2)17(19)21/h3-6,9,12H,7-8,10H2,1-2H3. The molecule has 126 valence electrons. The maximum Gasteiger partial charge on any atom is 0.307 e. The highest BCUT2D eigenvalue weighted by Gasteiger charge is 2.31. The Morgan fingerprint density at radius 1 is 1.38 bits per heavy atom. The zero-order valence-corrected chi connectivity index (χ0v) is 13.5. The number of carbonyl (C=O) groups excluding carboxylic acids is 2. The predicted molar refractivity (Wildman–Crippen MR) is 84.5 cm³/mol. The molecule has 7 heteroatoms. The van der Waals surface area contributed by atoms with E-state index in [1.807, 2.05) is 12.1 Å². The van der Waals surface area contributed by atoms with Gasteiger partial charge in [-0.15, -0.1) is 0 Å². The Morgan fingerprint density at radius 2 is 2.17 bits per heavy atom. The van der Waals surface area contributed by atoms with Crippen LogP contribution in [0.1, 0.15) is 24.8 Å². The first kappa shape index (κ1) is 16.0. The molecule has 0 saturated carbocycles. The van der Waals surface area contributed by atoms with Crippen molar-refractivity contribution in [1.29, 1.82) is 0 Å². The fraction of sp³-hybridized carbons (Fsp3) is 0.353. The third-order valence-corrected chi connectivity index (χ3v) is 3.67. The third kappa shape index (κ3) is 3.40. The van der Waals surface area contributed by atoms with E-state index in [0.29, 0.717) is 22.9 Å². The lowest BCUT2D eigenvalue weighted by Gasteiger charge is -2.32. The summed E-state index contributed by atoms with van der Waals surface area (Å²) in [5, 5.41) is 3.76. The fourth-order valence-corrected chi connectivity index (χ4v) is 2.51. The van der Waals surface area contributed by atoms with Gasteiger partial charge in [0, 0.05) is 12.6 Å². The van der Waals surface area contributed by atoms with Crippen LogP contribution in [0.25, 0.3) is 0 Å². The molecule has 0 bridgehead atoms. The Balaban J connectivity index is 1.59. The van der Waals surface area contributed by atoms with Gasteiger partial charge in [0.1, 0.15) is 23.8 Å². The zero-order chi connectivity index (χ0) is 17.1. The number of aromatic nitrogens is 1. The minimum atomic E-state index is -0.575. The second-order valence-electron chi connectivity index (χ2n) is 5.56. The van der Waals surface area contributed by atoms with Crippen molar-refractivity contribution in [2.24, 2.45) is 0 Å². The number of fused-ring (bicyclic) bond motifs is 1. The quantitative estimate of drug-likeness (QED) is 0.782. The summed E-state index contributed by atoms with van der Waals surface area (Å²) >= 11 is 0. The number of anilines is 1. The summed E-state index contributed by atoms with van der Waals surface area (Å²) in [5.74, 6) is 0.718. The van der Waals surface area contributed by atoms with E-state index in [4.69, 9.17) is 14.0 Å². The minimum Gasteiger partial charge on any atom is -0.479 e. The number of carbonyl (C=O) groups is 2. The molecule has 1 amide bonds. The number of hydrogen-bond acceptors (Lipinski definition) is 6. The van der Waals surface area contributed by atoms with Gasteiger partial charge in [-0.05, 0) is 26.0 Å². The van der Waals surface area contributed by atoms with E-state index in [9.17, 15) is 9.59 Å². The van der Waals surface area contributed by atoms with Crippen molar-refractivity contribution in [2.45, 2.75) is 33.0 Å². The summed E-state index contributed by atoms with van der Waals surface area (Å²) < 4.78 is 15.6. The summed E-state index contributed by atoms with van der Waals surface area (Å²) in [6, 6.07) is 8.97. The molecule has 0 fully saturated rings. The molecule has 7 nitrogen and oxygen atoms in total. The number of rotatable bonds is 5. The summed E-state index contributed by atoms with van der Waals surface area (Å²) in [7, 11) is 0. The Kier molecular flexibility index (Phi) is 4.50. The molecule has 0 radical (unpaired) electrons. The monoisotopic (exact) mass is 330 g/mol. The average molecular weight is 330 g/mol. The molecule has 1 aromatic heterocycles. The van der Waals surface area contributed by atoms with Gasteiger partial charge in [-0.25, -0.2) is 0 Å². The van der Waals surface area contributed by atoms with E-state index in [-0.39, 0.29) is 25.5 Å². The molecule has 1 aliphatic heterocycles. The average Bonchev–Trinajstić information content (AvgIpc) is 2.99. The number of nitrogens with zero attached hydrogens (tertiary/aromatic N) is 2. The molecule has 1 aliphatic rings. The van der Waals surface area contributed by atoms with Crippen LogP contribution in [0, 0.1) is 6.92 Å². The maximum absolute atomic E-state index is 12.3. The lowest BCUT2D eigenvalue weighted by molar-refractivity contribution is -0.144. The molecule has 0 N–H and O–H groups in total. The summed E-state index contributed by atoms with van der Waals surface area (Å²) in [6.07, 6.45) is -0.488. The van der Waals surface area contributed by atoms with Gasteiger partial charge in [-0.3, -0.25) is 9.59 Å². The minimum absolute atomic E-state index is 0.0558. The van der Waals surface area contributed by atoms with Gasteiger partial charge in [0.2, 0.25) is 0 Å². The number of benzene rings is 1. The van der Waals surface area contributed by atoms with E-state index in [2.05, 4.69) is 5.16 Å². The van der Waals surface area contributed by atoms with Gasteiger partial charge < -0.3 is 18.9 Å². The van der Waals surface area contributed by atoms with Crippen molar-refractivity contribution in [3.8, 4) is 5.75 Å². The Labute approximate surface area is 139 Å². The molecule has 2 aromatic rings. The molecule has 0 spiro atoms. The van der Waals surface area contributed by atoms with Crippen LogP contribution in [0.15, 0.2) is 34.9 Å². The van der Waals surface area contributed by atoms with Crippen molar-refractivity contribution in [1.82, 2.24) is 5.16 Å². The van der Waals surface area contributed by atoms with Crippen LogP contribution in [-0.2, 0) is 20.9 Å². The molecule has 1 atom stereocenters. The molecule has 0 saturated heterocycles. The highest BCUT2D eigenvalue weighted by atomic mass is 16.5. The number of amides is 1. The van der Waals surface area contributed by atoms with E-state index in [1.165, 1.54) is 0 Å². The number of para-hydroxylation sites is 2. The first-order chi connectivity index (χ1) is 11.5. The summed E-state index contributed by atoms with van der Waals surface area (Å²) in [6.45, 7) is 3.75. The van der Waals surface area contributed by atoms with E-state index in [0.717, 1.165) is 0 Å². The normalized spacial score (nSPS) is 16.5. The highest BCUT2D eigenvalue weighted by Crippen LogP contribution is 2.33. The number of hydrogen-bond donors (Lipinski definition) is 0. The molecule has 0 aliphatic carbocycles. The number of ether oxygens (including phenoxy) is 2. The van der Waals surface area contributed by atoms with Gasteiger partial charge in [0.25, 0.3) is 5.91 Å². The molecule has 3 rings (SSSR count). The van der Waals surface area contributed by atoms with Gasteiger partial charge in [0.05, 0.1) is 12.1 Å². The van der Waals surface area contributed by atoms with Crippen LogP contribution in [-0.4, -0.2) is 29.7 Å². The summed E-state index contributed by atoms with van der Waals surface area (Å²) in [4.78, 5) is 25.8. The lowest BCUT2D eigenvalue weighted by Crippen LogP contribution is -2.45. The van der Waals surface area contributed by atoms with E-state index < -0.39 is 12.1 Å². The van der Waals surface area contributed by atoms with Crippen molar-refractivity contribution in [3.05, 3.63) is 41.8 Å². The first-order valence-electron chi connectivity index (χ1n) is 7.69. The van der Waals surface area contributed by atoms with Crippen molar-refractivity contribution in [3.63, 3.8) is 0 Å². The molecule has 2 heterocycles. The largest absolute Gasteiger partial charge is 0.479 e. The SMILES string of the molecule is Cc1cc(COC(=O)CCN2C(=O)C(C)Oc3ccccc32)no1. The first-order valence-corrected chi connectivity index (χ1v) is 7.69. The van der Waals surface area contributed by atoms with E-state index in [1.54, 1.807) is 36.9 Å². The third-order valence-electron chi connectivity index (χ3n) is 3.67. The molecule has 24 heavy (non-hydrogen) atoms. The topological polar surface area (TPSA) is 81.9 Å². The van der Waals surface area contributed by atoms with Crippen LogP contribution in [0.4, 0.5) is 5.69 Å². The zero-order valence-electron chi connectivity index (χ0n) is 13.5. The fourth-order valence-electron chi connectivity index (χ4n) is 2.51. The molecular weight excluding hydrogens is 312 g/mol. The van der Waals surface area contributed by atoms with Crippen molar-refractivity contribution in [2.75, 3.05) is 11.4 Å². The van der Waals surface area contributed by atoms with Crippen LogP contribution >= 0.6 is 0 Å². The molecular formula is C17H18N2O5. The van der Waals surface area contributed by atoms with Crippen LogP contribution < -0.4 is 9.64 Å². The predicted octanol–water partition coefficient (Wildman–Crippen LogP) is 2.23. The smallest absolute Gasteiger partial charge is 0.307 e. The van der Waals surface area contributed by atoms with Crippen LogP contribution in [0.5, 0.6) is 5.75 Å². The van der Waals surface area contributed by atoms with Gasteiger partial charge >= 0.3 is 5.97 Å². The van der Waals surface area contributed by atoms with Gasteiger partial charge in [-0.2, -0.15) is 0 Å². The summed E-state index contributed by atoms with van der Waals surface area (Å²) in [5.41, 5.74) is 1.22. The second kappa shape index (κ2) is 6.74. The van der Waals surface area contributed by atoms with Crippen LogP contribution in [0.2, 0.25) is 0 Å². The second-order valence-corrected chi connectivity index (χ2v) is 5.56. The van der Waals surface area contributed by atoms with Crippen molar-refractivity contribution >= 4 is 17.6 Å². The number of aryl methyl sites for hydroxylation is 1. The lowest BCUT2D eigenvalue weighted by atomic mass is 10.2. The van der Waals surface area contributed by atoms with Crippen molar-refractivity contribution < 1.29 is 23.6 Å².